The number of hydrogen-bond donors (Lipinski definition) is 1. The predicted molar refractivity (Wildman–Crippen MR) is 76.9 cm³/mol. The summed E-state index contributed by atoms with van der Waals surface area (Å²) in [5, 5.41) is 0.399. The molecule has 0 aliphatic carbocycles. The molecular formula is C15H14ClNO2. The number of carbonyl (C=O) groups is 1. The van der Waals surface area contributed by atoms with Crippen molar-refractivity contribution < 1.29 is 9.53 Å². The topological polar surface area (TPSA) is 52.3 Å². The molecule has 0 aromatic heterocycles. The van der Waals surface area contributed by atoms with Crippen LogP contribution in [0.1, 0.15) is 15.9 Å². The Morgan fingerprint density at radius 2 is 1.95 bits per heavy atom. The van der Waals surface area contributed by atoms with Crippen LogP contribution in [0.2, 0.25) is 5.02 Å². The summed E-state index contributed by atoms with van der Waals surface area (Å²) in [5.74, 6) is 0.394. The van der Waals surface area contributed by atoms with Gasteiger partial charge < -0.3 is 10.5 Å². The Balaban J connectivity index is 2.29. The molecule has 2 aromatic carbocycles. The van der Waals surface area contributed by atoms with Crippen LogP contribution in [0, 0.1) is 0 Å². The molecule has 0 unspecified atom stereocenters. The number of methoxy groups -OCH3 is 1. The minimum Gasteiger partial charge on any atom is -0.495 e. The standard InChI is InChI=1S/C15H14ClNO2/c1-19-15-8-11(13(17)9-12(15)16)14(18)7-10-5-3-2-4-6-10/h2-6,8-9H,7,17H2,1H3. The third kappa shape index (κ3) is 3.06. The van der Waals surface area contributed by atoms with Crippen LogP contribution in [0.15, 0.2) is 42.5 Å². The van der Waals surface area contributed by atoms with Gasteiger partial charge in [-0.05, 0) is 17.7 Å². The van der Waals surface area contributed by atoms with Crippen molar-refractivity contribution in [3.8, 4) is 5.75 Å². The zero-order valence-electron chi connectivity index (χ0n) is 10.5. The van der Waals surface area contributed by atoms with E-state index in [-0.39, 0.29) is 5.78 Å². The van der Waals surface area contributed by atoms with E-state index in [9.17, 15) is 4.79 Å². The molecular weight excluding hydrogens is 262 g/mol. The molecule has 0 atom stereocenters. The van der Waals surface area contributed by atoms with Crippen LogP contribution in [0.25, 0.3) is 0 Å². The highest BCUT2D eigenvalue weighted by molar-refractivity contribution is 6.32. The molecule has 4 heteroatoms. The van der Waals surface area contributed by atoms with E-state index in [1.807, 2.05) is 30.3 Å². The summed E-state index contributed by atoms with van der Waals surface area (Å²) in [6.45, 7) is 0. The summed E-state index contributed by atoms with van der Waals surface area (Å²) in [7, 11) is 1.50. The average Bonchev–Trinajstić information content (AvgIpc) is 2.40. The lowest BCUT2D eigenvalue weighted by Crippen LogP contribution is -2.07. The maximum atomic E-state index is 12.2. The maximum absolute atomic E-state index is 12.2. The number of anilines is 1. The van der Waals surface area contributed by atoms with Gasteiger partial charge in [0.1, 0.15) is 5.75 Å². The number of ether oxygens (including phenoxy) is 1. The van der Waals surface area contributed by atoms with Crippen LogP contribution in [-0.4, -0.2) is 12.9 Å². The molecule has 19 heavy (non-hydrogen) atoms. The van der Waals surface area contributed by atoms with Crippen molar-refractivity contribution in [1.82, 2.24) is 0 Å². The van der Waals surface area contributed by atoms with E-state index >= 15 is 0 Å². The van der Waals surface area contributed by atoms with Gasteiger partial charge in [-0.1, -0.05) is 41.9 Å². The van der Waals surface area contributed by atoms with Crippen LogP contribution in [0.5, 0.6) is 5.75 Å². The fourth-order valence-corrected chi connectivity index (χ4v) is 2.09. The quantitative estimate of drug-likeness (QED) is 0.688. The van der Waals surface area contributed by atoms with E-state index in [4.69, 9.17) is 22.1 Å². The summed E-state index contributed by atoms with van der Waals surface area (Å²) in [6, 6.07) is 12.6. The molecule has 2 aromatic rings. The lowest BCUT2D eigenvalue weighted by atomic mass is 10.0. The number of halogens is 1. The van der Waals surface area contributed by atoms with Crippen LogP contribution >= 0.6 is 11.6 Å². The molecule has 0 aliphatic heterocycles. The molecule has 0 fully saturated rings. The zero-order valence-corrected chi connectivity index (χ0v) is 11.3. The summed E-state index contributed by atoms with van der Waals surface area (Å²) >= 11 is 5.95. The molecule has 0 aliphatic rings. The van der Waals surface area contributed by atoms with E-state index < -0.39 is 0 Å². The van der Waals surface area contributed by atoms with E-state index in [1.54, 1.807) is 12.1 Å². The third-order valence-electron chi connectivity index (χ3n) is 2.83. The Hall–Kier alpha value is -2.00. The highest BCUT2D eigenvalue weighted by Crippen LogP contribution is 2.30. The number of ketones is 1. The first-order chi connectivity index (χ1) is 9.11. The summed E-state index contributed by atoms with van der Waals surface area (Å²) in [6.07, 6.45) is 0.301. The second kappa shape index (κ2) is 5.76. The molecule has 0 saturated heterocycles. The molecule has 0 radical (unpaired) electrons. The molecule has 0 bridgehead atoms. The smallest absolute Gasteiger partial charge is 0.169 e. The Labute approximate surface area is 117 Å². The van der Waals surface area contributed by atoms with Crippen LogP contribution < -0.4 is 10.5 Å². The highest BCUT2D eigenvalue weighted by Gasteiger charge is 2.14. The SMILES string of the molecule is COc1cc(C(=O)Cc2ccccc2)c(N)cc1Cl. The lowest BCUT2D eigenvalue weighted by molar-refractivity contribution is 0.0993. The molecule has 98 valence electrons. The van der Waals surface area contributed by atoms with Crippen LogP contribution in [0.4, 0.5) is 5.69 Å². The van der Waals surface area contributed by atoms with Crippen molar-refractivity contribution in [2.45, 2.75) is 6.42 Å². The van der Waals surface area contributed by atoms with Crippen molar-refractivity contribution in [3.63, 3.8) is 0 Å². The number of carbonyl (C=O) groups excluding carboxylic acids is 1. The number of Topliss-reactive ketones (excluding diaryl/α,β-unsaturated/α-hetero) is 1. The van der Waals surface area contributed by atoms with Gasteiger partial charge in [0, 0.05) is 17.7 Å². The number of hydrogen-bond acceptors (Lipinski definition) is 3. The van der Waals surface area contributed by atoms with Gasteiger partial charge in [0.25, 0.3) is 0 Å². The van der Waals surface area contributed by atoms with Crippen molar-refractivity contribution in [2.24, 2.45) is 0 Å². The second-order valence-electron chi connectivity index (χ2n) is 4.16. The number of nitrogens with two attached hydrogens (primary N) is 1. The van der Waals surface area contributed by atoms with Crippen molar-refractivity contribution in [1.29, 1.82) is 0 Å². The first kappa shape index (κ1) is 13.4. The maximum Gasteiger partial charge on any atom is 0.169 e. The van der Waals surface area contributed by atoms with E-state index in [2.05, 4.69) is 0 Å². The second-order valence-corrected chi connectivity index (χ2v) is 4.57. The van der Waals surface area contributed by atoms with E-state index in [0.717, 1.165) is 5.56 Å². The first-order valence-corrected chi connectivity index (χ1v) is 6.19. The number of benzene rings is 2. The van der Waals surface area contributed by atoms with Crippen LogP contribution in [-0.2, 0) is 6.42 Å². The highest BCUT2D eigenvalue weighted by atomic mass is 35.5. The molecule has 0 spiro atoms. The largest absolute Gasteiger partial charge is 0.495 e. The monoisotopic (exact) mass is 275 g/mol. The minimum atomic E-state index is -0.0568. The van der Waals surface area contributed by atoms with Gasteiger partial charge in [0.05, 0.1) is 12.1 Å². The Kier molecular flexibility index (Phi) is 4.07. The fourth-order valence-electron chi connectivity index (χ4n) is 1.84. The summed E-state index contributed by atoms with van der Waals surface area (Å²) in [4.78, 5) is 12.2. The average molecular weight is 276 g/mol. The Morgan fingerprint density at radius 1 is 1.26 bits per heavy atom. The van der Waals surface area contributed by atoms with Gasteiger partial charge in [-0.3, -0.25) is 4.79 Å². The minimum absolute atomic E-state index is 0.0568. The van der Waals surface area contributed by atoms with Crippen molar-refractivity contribution in [3.05, 3.63) is 58.6 Å². The predicted octanol–water partition coefficient (Wildman–Crippen LogP) is 3.36. The Morgan fingerprint density at radius 3 is 2.58 bits per heavy atom. The third-order valence-corrected chi connectivity index (χ3v) is 3.13. The molecule has 0 saturated carbocycles. The summed E-state index contributed by atoms with van der Waals surface area (Å²) < 4.78 is 5.10. The Bertz CT molecular complexity index is 597. The van der Waals surface area contributed by atoms with Gasteiger partial charge in [0.2, 0.25) is 0 Å². The molecule has 2 rings (SSSR count). The summed E-state index contributed by atoms with van der Waals surface area (Å²) in [5.41, 5.74) is 7.59. The molecule has 2 N–H and O–H groups in total. The molecule has 0 heterocycles. The fraction of sp³-hybridized carbons (Fsp3) is 0.133. The van der Waals surface area contributed by atoms with Crippen molar-refractivity contribution in [2.75, 3.05) is 12.8 Å². The molecule has 0 amide bonds. The lowest BCUT2D eigenvalue weighted by Gasteiger charge is -2.09. The zero-order chi connectivity index (χ0) is 13.8. The first-order valence-electron chi connectivity index (χ1n) is 5.82. The van der Waals surface area contributed by atoms with Gasteiger partial charge in [-0.15, -0.1) is 0 Å². The van der Waals surface area contributed by atoms with Gasteiger partial charge in [-0.25, -0.2) is 0 Å². The van der Waals surface area contributed by atoms with Crippen molar-refractivity contribution >= 4 is 23.1 Å². The van der Waals surface area contributed by atoms with Gasteiger partial charge in [-0.2, -0.15) is 0 Å². The molecule has 3 nitrogen and oxygen atoms in total. The number of nitrogen functional groups attached to an aromatic ring is 1. The van der Waals surface area contributed by atoms with E-state index in [0.29, 0.717) is 28.4 Å². The van der Waals surface area contributed by atoms with Gasteiger partial charge in [0.15, 0.2) is 5.78 Å². The normalized spacial score (nSPS) is 10.2. The van der Waals surface area contributed by atoms with E-state index in [1.165, 1.54) is 7.11 Å². The van der Waals surface area contributed by atoms with Gasteiger partial charge >= 0.3 is 0 Å². The number of rotatable bonds is 4. The van der Waals surface area contributed by atoms with Crippen LogP contribution in [0.3, 0.4) is 0 Å².